The number of hydrogen-bond acceptors (Lipinski definition) is 2. The van der Waals surface area contributed by atoms with Gasteiger partial charge in [-0.1, -0.05) is 36.4 Å². The van der Waals surface area contributed by atoms with Crippen LogP contribution in [0.4, 0.5) is 0 Å². The van der Waals surface area contributed by atoms with E-state index in [1.54, 1.807) is 19.2 Å². The number of carbonyl (C=O) groups is 2. The predicted molar refractivity (Wildman–Crippen MR) is 65.5 cm³/mol. The van der Waals surface area contributed by atoms with Gasteiger partial charge >= 0.3 is 5.97 Å². The number of amides is 1. The Kier molecular flexibility index (Phi) is 4.94. The molecule has 4 heteroatoms. The molecule has 2 N–H and O–H groups in total. The van der Waals surface area contributed by atoms with Crippen molar-refractivity contribution in [3.05, 3.63) is 41.5 Å². The van der Waals surface area contributed by atoms with Gasteiger partial charge in [0, 0.05) is 7.05 Å². The van der Waals surface area contributed by atoms with E-state index in [2.05, 4.69) is 5.32 Å². The van der Waals surface area contributed by atoms with Gasteiger partial charge in [-0.05, 0) is 11.1 Å². The minimum absolute atomic E-state index is 0.0139. The standard InChI is InChI=1S/C13H15NO3/c1-14-12(15)9-11-7-5-10(6-8-11)3-2-4-13(16)17/h2-3,5-8H,4,9H2,1H3,(H,14,15)(H,16,17). The lowest BCUT2D eigenvalue weighted by molar-refractivity contribution is -0.136. The van der Waals surface area contributed by atoms with Gasteiger partial charge in [0.15, 0.2) is 0 Å². The van der Waals surface area contributed by atoms with E-state index in [4.69, 9.17) is 5.11 Å². The topological polar surface area (TPSA) is 66.4 Å². The molecule has 0 aromatic heterocycles. The first kappa shape index (κ1) is 13.0. The normalized spacial score (nSPS) is 10.4. The molecule has 90 valence electrons. The molecule has 0 fully saturated rings. The van der Waals surface area contributed by atoms with E-state index < -0.39 is 5.97 Å². The number of carboxylic acid groups (broad SMARTS) is 1. The van der Waals surface area contributed by atoms with Crippen LogP contribution in [0.3, 0.4) is 0 Å². The van der Waals surface area contributed by atoms with Crippen molar-refractivity contribution in [1.82, 2.24) is 5.32 Å². The highest BCUT2D eigenvalue weighted by Crippen LogP contribution is 2.07. The van der Waals surface area contributed by atoms with Gasteiger partial charge in [-0.15, -0.1) is 0 Å². The molecule has 0 aliphatic carbocycles. The summed E-state index contributed by atoms with van der Waals surface area (Å²) in [5.41, 5.74) is 1.85. The van der Waals surface area contributed by atoms with Gasteiger partial charge in [0.1, 0.15) is 0 Å². The summed E-state index contributed by atoms with van der Waals surface area (Å²) in [6.45, 7) is 0. The number of likely N-dealkylation sites (N-methyl/N-ethyl adjacent to an activating group) is 1. The summed E-state index contributed by atoms with van der Waals surface area (Å²) in [7, 11) is 1.60. The van der Waals surface area contributed by atoms with E-state index in [9.17, 15) is 9.59 Å². The molecule has 0 atom stereocenters. The summed E-state index contributed by atoms with van der Waals surface area (Å²) in [6, 6.07) is 7.43. The van der Waals surface area contributed by atoms with Crippen LogP contribution in [0.15, 0.2) is 30.3 Å². The van der Waals surface area contributed by atoms with Crippen molar-refractivity contribution in [3.63, 3.8) is 0 Å². The molecule has 0 saturated carbocycles. The zero-order chi connectivity index (χ0) is 12.7. The quantitative estimate of drug-likeness (QED) is 0.809. The molecule has 0 aliphatic heterocycles. The maximum atomic E-state index is 11.1. The SMILES string of the molecule is CNC(=O)Cc1ccc(C=CCC(=O)O)cc1. The third-order valence-electron chi connectivity index (χ3n) is 2.23. The average Bonchev–Trinajstić information content (AvgIpc) is 2.31. The maximum Gasteiger partial charge on any atom is 0.307 e. The highest BCUT2D eigenvalue weighted by molar-refractivity contribution is 5.78. The zero-order valence-electron chi connectivity index (χ0n) is 9.64. The van der Waals surface area contributed by atoms with Crippen LogP contribution < -0.4 is 5.32 Å². The molecule has 17 heavy (non-hydrogen) atoms. The first-order valence-electron chi connectivity index (χ1n) is 5.29. The molecule has 4 nitrogen and oxygen atoms in total. The van der Waals surface area contributed by atoms with Crippen LogP contribution in [0.1, 0.15) is 17.5 Å². The minimum atomic E-state index is -0.850. The third-order valence-corrected chi connectivity index (χ3v) is 2.23. The Morgan fingerprint density at radius 1 is 1.29 bits per heavy atom. The molecule has 0 unspecified atom stereocenters. The average molecular weight is 233 g/mol. The van der Waals surface area contributed by atoms with Crippen molar-refractivity contribution in [1.29, 1.82) is 0 Å². The van der Waals surface area contributed by atoms with E-state index in [1.807, 2.05) is 24.3 Å². The Hall–Kier alpha value is -2.10. The lowest BCUT2D eigenvalue weighted by Crippen LogP contribution is -2.19. The van der Waals surface area contributed by atoms with Crippen LogP contribution in [-0.4, -0.2) is 24.0 Å². The fourth-order valence-electron chi connectivity index (χ4n) is 1.32. The molecule has 1 rings (SSSR count). The second-order valence-electron chi connectivity index (χ2n) is 3.59. The Morgan fingerprint density at radius 3 is 2.47 bits per heavy atom. The highest BCUT2D eigenvalue weighted by atomic mass is 16.4. The molecular formula is C13H15NO3. The Labute approximate surface area is 100.0 Å². The molecule has 0 saturated heterocycles. The van der Waals surface area contributed by atoms with Gasteiger partial charge in [0.2, 0.25) is 5.91 Å². The molecule has 0 radical (unpaired) electrons. The van der Waals surface area contributed by atoms with Crippen molar-refractivity contribution in [2.24, 2.45) is 0 Å². The number of aliphatic carboxylic acids is 1. The molecule has 0 aliphatic rings. The molecular weight excluding hydrogens is 218 g/mol. The van der Waals surface area contributed by atoms with Gasteiger partial charge in [0.05, 0.1) is 12.8 Å². The second-order valence-corrected chi connectivity index (χ2v) is 3.59. The maximum absolute atomic E-state index is 11.1. The Morgan fingerprint density at radius 2 is 1.94 bits per heavy atom. The summed E-state index contributed by atoms with van der Waals surface area (Å²) in [6.07, 6.45) is 3.71. The van der Waals surface area contributed by atoms with E-state index in [0.29, 0.717) is 6.42 Å². The van der Waals surface area contributed by atoms with Gasteiger partial charge in [0.25, 0.3) is 0 Å². The first-order valence-corrected chi connectivity index (χ1v) is 5.29. The van der Waals surface area contributed by atoms with E-state index in [0.717, 1.165) is 11.1 Å². The van der Waals surface area contributed by atoms with Crippen LogP contribution >= 0.6 is 0 Å². The van der Waals surface area contributed by atoms with E-state index in [-0.39, 0.29) is 12.3 Å². The van der Waals surface area contributed by atoms with Crippen LogP contribution in [0, 0.1) is 0 Å². The van der Waals surface area contributed by atoms with E-state index in [1.165, 1.54) is 0 Å². The van der Waals surface area contributed by atoms with E-state index >= 15 is 0 Å². The monoisotopic (exact) mass is 233 g/mol. The molecule has 1 aromatic rings. The Balaban J connectivity index is 2.58. The number of rotatable bonds is 5. The molecule has 0 spiro atoms. The first-order chi connectivity index (χ1) is 8.11. The van der Waals surface area contributed by atoms with Crippen molar-refractivity contribution in [3.8, 4) is 0 Å². The summed E-state index contributed by atoms with van der Waals surface area (Å²) < 4.78 is 0. The second kappa shape index (κ2) is 6.48. The minimum Gasteiger partial charge on any atom is -0.481 e. The van der Waals surface area contributed by atoms with Crippen molar-refractivity contribution in [2.75, 3.05) is 7.05 Å². The molecule has 1 amide bonds. The number of hydrogen-bond donors (Lipinski definition) is 2. The molecule has 1 aromatic carbocycles. The number of nitrogens with one attached hydrogen (secondary N) is 1. The van der Waals surface area contributed by atoms with Gasteiger partial charge in [-0.2, -0.15) is 0 Å². The van der Waals surface area contributed by atoms with Crippen molar-refractivity contribution < 1.29 is 14.7 Å². The number of carbonyl (C=O) groups excluding carboxylic acids is 1. The van der Waals surface area contributed by atoms with Gasteiger partial charge in [-0.25, -0.2) is 0 Å². The zero-order valence-corrected chi connectivity index (χ0v) is 9.64. The Bertz CT molecular complexity index is 421. The third kappa shape index (κ3) is 4.97. The summed E-state index contributed by atoms with van der Waals surface area (Å²) >= 11 is 0. The summed E-state index contributed by atoms with van der Waals surface area (Å²) in [5.74, 6) is -0.878. The number of carboxylic acids is 1. The number of benzene rings is 1. The molecule has 0 heterocycles. The highest BCUT2D eigenvalue weighted by Gasteiger charge is 1.99. The fraction of sp³-hybridized carbons (Fsp3) is 0.231. The van der Waals surface area contributed by atoms with Crippen LogP contribution in [-0.2, 0) is 16.0 Å². The fourth-order valence-corrected chi connectivity index (χ4v) is 1.32. The smallest absolute Gasteiger partial charge is 0.307 e. The predicted octanol–water partition coefficient (Wildman–Crippen LogP) is 1.46. The van der Waals surface area contributed by atoms with Gasteiger partial charge < -0.3 is 10.4 Å². The largest absolute Gasteiger partial charge is 0.481 e. The van der Waals surface area contributed by atoms with Crippen molar-refractivity contribution in [2.45, 2.75) is 12.8 Å². The summed E-state index contributed by atoms with van der Waals surface area (Å²) in [4.78, 5) is 21.4. The van der Waals surface area contributed by atoms with Crippen LogP contribution in [0.25, 0.3) is 6.08 Å². The molecule has 0 bridgehead atoms. The lowest BCUT2D eigenvalue weighted by atomic mass is 10.1. The summed E-state index contributed by atoms with van der Waals surface area (Å²) in [5, 5.41) is 11.0. The van der Waals surface area contributed by atoms with Crippen LogP contribution in [0.2, 0.25) is 0 Å². The van der Waals surface area contributed by atoms with Crippen LogP contribution in [0.5, 0.6) is 0 Å². The lowest BCUT2D eigenvalue weighted by Gasteiger charge is -2.00. The van der Waals surface area contributed by atoms with Crippen molar-refractivity contribution >= 4 is 18.0 Å². The van der Waals surface area contributed by atoms with Gasteiger partial charge in [-0.3, -0.25) is 9.59 Å².